The first-order chi connectivity index (χ1) is 9.61. The van der Waals surface area contributed by atoms with Crippen molar-refractivity contribution in [1.29, 1.82) is 0 Å². The lowest BCUT2D eigenvalue weighted by molar-refractivity contribution is 0.0954. The van der Waals surface area contributed by atoms with E-state index >= 15 is 0 Å². The fourth-order valence-electron chi connectivity index (χ4n) is 1.55. The highest BCUT2D eigenvalue weighted by molar-refractivity contribution is 14.1. The Labute approximate surface area is 130 Å². The highest BCUT2D eigenvalue weighted by Crippen LogP contribution is 2.21. The SMILES string of the molecule is COc1ccc(C(=O)N/N=C(\C)c2ccco2)cc1I. The van der Waals surface area contributed by atoms with Gasteiger partial charge in [-0.2, -0.15) is 5.10 Å². The number of amides is 1. The molecule has 1 N–H and O–H groups in total. The van der Waals surface area contributed by atoms with Crippen LogP contribution in [0.15, 0.2) is 46.1 Å². The average Bonchev–Trinajstić information content (AvgIpc) is 2.98. The fourth-order valence-corrected chi connectivity index (χ4v) is 2.28. The molecule has 0 radical (unpaired) electrons. The van der Waals surface area contributed by atoms with Crippen LogP contribution in [0.1, 0.15) is 23.0 Å². The number of methoxy groups -OCH3 is 1. The predicted octanol–water partition coefficient (Wildman–Crippen LogP) is 3.05. The molecule has 2 aromatic rings. The van der Waals surface area contributed by atoms with Crippen LogP contribution in [-0.4, -0.2) is 18.7 Å². The summed E-state index contributed by atoms with van der Waals surface area (Å²) in [5.74, 6) is 1.07. The van der Waals surface area contributed by atoms with Crippen LogP contribution in [0.5, 0.6) is 5.75 Å². The lowest BCUT2D eigenvalue weighted by atomic mass is 10.2. The molecule has 1 heterocycles. The molecule has 0 aliphatic heterocycles. The molecule has 5 nitrogen and oxygen atoms in total. The lowest BCUT2D eigenvalue weighted by Gasteiger charge is -2.05. The molecule has 20 heavy (non-hydrogen) atoms. The molecule has 0 aliphatic carbocycles. The van der Waals surface area contributed by atoms with Gasteiger partial charge in [0, 0.05) is 5.56 Å². The Hall–Kier alpha value is -1.83. The molecular weight excluding hydrogens is 371 g/mol. The zero-order valence-electron chi connectivity index (χ0n) is 11.0. The third-order valence-corrected chi connectivity index (χ3v) is 3.46. The van der Waals surface area contributed by atoms with E-state index in [1.165, 1.54) is 0 Å². The minimum Gasteiger partial charge on any atom is -0.496 e. The summed E-state index contributed by atoms with van der Waals surface area (Å²) in [6.07, 6.45) is 1.56. The number of benzene rings is 1. The molecule has 2 rings (SSSR count). The maximum atomic E-state index is 12.0. The Morgan fingerprint density at radius 1 is 1.40 bits per heavy atom. The molecule has 0 saturated carbocycles. The monoisotopic (exact) mass is 384 g/mol. The standard InChI is InChI=1S/C14H13IN2O3/c1-9(12-4-3-7-20-12)16-17-14(18)10-5-6-13(19-2)11(15)8-10/h3-8H,1-2H3,(H,17,18)/b16-9+. The second-order valence-electron chi connectivity index (χ2n) is 3.96. The highest BCUT2D eigenvalue weighted by atomic mass is 127. The number of carbonyl (C=O) groups excluding carboxylic acids is 1. The van der Waals surface area contributed by atoms with Crippen LogP contribution in [0, 0.1) is 3.57 Å². The van der Waals surface area contributed by atoms with E-state index in [1.54, 1.807) is 50.6 Å². The molecule has 1 aromatic carbocycles. The van der Waals surface area contributed by atoms with Crippen molar-refractivity contribution in [2.45, 2.75) is 6.92 Å². The third-order valence-electron chi connectivity index (χ3n) is 2.62. The summed E-state index contributed by atoms with van der Waals surface area (Å²) >= 11 is 2.11. The van der Waals surface area contributed by atoms with Crippen LogP contribution in [-0.2, 0) is 0 Å². The number of nitrogens with zero attached hydrogens (tertiary/aromatic N) is 1. The Morgan fingerprint density at radius 2 is 2.20 bits per heavy atom. The van der Waals surface area contributed by atoms with Crippen molar-refractivity contribution in [2.24, 2.45) is 5.10 Å². The molecule has 0 aliphatic rings. The lowest BCUT2D eigenvalue weighted by Crippen LogP contribution is -2.19. The minimum absolute atomic E-state index is 0.281. The number of hydrogen-bond donors (Lipinski definition) is 1. The Balaban J connectivity index is 2.09. The number of rotatable bonds is 4. The Kier molecular flexibility index (Phi) is 4.78. The molecule has 0 bridgehead atoms. The predicted molar refractivity (Wildman–Crippen MR) is 84.1 cm³/mol. The quantitative estimate of drug-likeness (QED) is 0.501. The minimum atomic E-state index is -0.281. The average molecular weight is 384 g/mol. The van der Waals surface area contributed by atoms with Crippen LogP contribution in [0.4, 0.5) is 0 Å². The topological polar surface area (TPSA) is 63.8 Å². The summed E-state index contributed by atoms with van der Waals surface area (Å²) in [7, 11) is 1.59. The number of ether oxygens (including phenoxy) is 1. The van der Waals surface area contributed by atoms with Crippen molar-refractivity contribution < 1.29 is 13.9 Å². The van der Waals surface area contributed by atoms with Gasteiger partial charge in [-0.1, -0.05) is 0 Å². The van der Waals surface area contributed by atoms with Gasteiger partial charge in [-0.3, -0.25) is 4.79 Å². The van der Waals surface area contributed by atoms with E-state index in [0.717, 1.165) is 9.32 Å². The first kappa shape index (κ1) is 14.6. The van der Waals surface area contributed by atoms with Crippen LogP contribution in [0.3, 0.4) is 0 Å². The van der Waals surface area contributed by atoms with E-state index in [1.807, 2.05) is 0 Å². The van der Waals surface area contributed by atoms with Gasteiger partial charge in [0.15, 0.2) is 0 Å². The fraction of sp³-hybridized carbons (Fsp3) is 0.143. The third kappa shape index (κ3) is 3.38. The molecule has 1 amide bonds. The summed E-state index contributed by atoms with van der Waals surface area (Å²) < 4.78 is 11.2. The molecule has 0 saturated heterocycles. The van der Waals surface area contributed by atoms with Gasteiger partial charge in [-0.25, -0.2) is 5.43 Å². The number of furan rings is 1. The van der Waals surface area contributed by atoms with E-state index in [4.69, 9.17) is 9.15 Å². The van der Waals surface area contributed by atoms with Gasteiger partial charge in [0.1, 0.15) is 17.2 Å². The zero-order chi connectivity index (χ0) is 14.5. The normalized spacial score (nSPS) is 11.2. The van der Waals surface area contributed by atoms with Gasteiger partial charge in [0.05, 0.1) is 16.9 Å². The van der Waals surface area contributed by atoms with Gasteiger partial charge in [-0.05, 0) is 59.8 Å². The highest BCUT2D eigenvalue weighted by Gasteiger charge is 2.08. The number of nitrogens with one attached hydrogen (secondary N) is 1. The van der Waals surface area contributed by atoms with Gasteiger partial charge in [0.25, 0.3) is 5.91 Å². The molecule has 0 spiro atoms. The van der Waals surface area contributed by atoms with Crippen molar-refractivity contribution in [3.05, 3.63) is 51.5 Å². The van der Waals surface area contributed by atoms with Gasteiger partial charge < -0.3 is 9.15 Å². The molecule has 0 unspecified atom stereocenters. The van der Waals surface area contributed by atoms with Crippen molar-refractivity contribution in [1.82, 2.24) is 5.43 Å². The van der Waals surface area contributed by atoms with E-state index in [0.29, 0.717) is 17.0 Å². The van der Waals surface area contributed by atoms with Crippen molar-refractivity contribution in [2.75, 3.05) is 7.11 Å². The number of hydrazone groups is 1. The summed E-state index contributed by atoms with van der Waals surface area (Å²) in [6, 6.07) is 8.73. The molecule has 1 aromatic heterocycles. The first-order valence-electron chi connectivity index (χ1n) is 5.84. The van der Waals surface area contributed by atoms with Gasteiger partial charge >= 0.3 is 0 Å². The Morgan fingerprint density at radius 3 is 2.80 bits per heavy atom. The number of carbonyl (C=O) groups is 1. The summed E-state index contributed by atoms with van der Waals surface area (Å²) in [4.78, 5) is 12.0. The smallest absolute Gasteiger partial charge is 0.271 e. The van der Waals surface area contributed by atoms with E-state index in [9.17, 15) is 4.79 Å². The van der Waals surface area contributed by atoms with Gasteiger partial charge in [0.2, 0.25) is 0 Å². The number of hydrogen-bond acceptors (Lipinski definition) is 4. The van der Waals surface area contributed by atoms with Gasteiger partial charge in [-0.15, -0.1) is 0 Å². The van der Waals surface area contributed by atoms with Crippen LogP contribution in [0.25, 0.3) is 0 Å². The summed E-state index contributed by atoms with van der Waals surface area (Å²) in [5.41, 5.74) is 3.62. The molecule has 6 heteroatoms. The van der Waals surface area contributed by atoms with Crippen molar-refractivity contribution >= 4 is 34.2 Å². The second kappa shape index (κ2) is 6.56. The molecule has 0 fully saturated rings. The number of halogens is 1. The van der Waals surface area contributed by atoms with Crippen molar-refractivity contribution in [3.8, 4) is 5.75 Å². The zero-order valence-corrected chi connectivity index (χ0v) is 13.2. The van der Waals surface area contributed by atoms with E-state index in [2.05, 4.69) is 33.1 Å². The summed E-state index contributed by atoms with van der Waals surface area (Å²) in [5, 5.41) is 4.00. The summed E-state index contributed by atoms with van der Waals surface area (Å²) in [6.45, 7) is 1.76. The maximum Gasteiger partial charge on any atom is 0.271 e. The van der Waals surface area contributed by atoms with E-state index < -0.39 is 0 Å². The molecule has 104 valence electrons. The largest absolute Gasteiger partial charge is 0.496 e. The molecular formula is C14H13IN2O3. The van der Waals surface area contributed by atoms with E-state index in [-0.39, 0.29) is 5.91 Å². The first-order valence-corrected chi connectivity index (χ1v) is 6.91. The second-order valence-corrected chi connectivity index (χ2v) is 5.13. The van der Waals surface area contributed by atoms with Crippen LogP contribution >= 0.6 is 22.6 Å². The van der Waals surface area contributed by atoms with Crippen molar-refractivity contribution in [3.63, 3.8) is 0 Å². The Bertz CT molecular complexity index is 636. The van der Waals surface area contributed by atoms with Crippen LogP contribution in [0.2, 0.25) is 0 Å². The molecule has 0 atom stereocenters. The maximum absolute atomic E-state index is 12.0. The van der Waals surface area contributed by atoms with Crippen LogP contribution < -0.4 is 10.2 Å².